The molecule has 0 heterocycles. The Morgan fingerprint density at radius 3 is 2.48 bits per heavy atom. The van der Waals surface area contributed by atoms with Gasteiger partial charge in [0.1, 0.15) is 0 Å². The van der Waals surface area contributed by atoms with Crippen molar-refractivity contribution in [1.82, 2.24) is 4.31 Å². The summed E-state index contributed by atoms with van der Waals surface area (Å²) in [6.45, 7) is 2.15. The number of hydrogen-bond donors (Lipinski definition) is 2. The summed E-state index contributed by atoms with van der Waals surface area (Å²) in [6.07, 6.45) is 0.870. The number of para-hydroxylation sites is 1. The SMILES string of the molecule is CCc1ccccc1NCC(=O)Nc1cccc(S(=O)(=O)N(C)C)c1. The van der Waals surface area contributed by atoms with Crippen molar-refractivity contribution in [2.75, 3.05) is 31.3 Å². The standard InChI is InChI=1S/C18H23N3O3S/c1-4-14-8-5-6-11-17(14)19-13-18(22)20-15-9-7-10-16(12-15)25(23,24)21(2)3/h5-12,19H,4,13H2,1-3H3,(H,20,22). The third kappa shape index (κ3) is 4.80. The van der Waals surface area contributed by atoms with E-state index in [2.05, 4.69) is 17.6 Å². The average Bonchev–Trinajstić information content (AvgIpc) is 2.60. The molecule has 1 amide bonds. The van der Waals surface area contributed by atoms with E-state index in [9.17, 15) is 13.2 Å². The number of amides is 1. The monoisotopic (exact) mass is 361 g/mol. The summed E-state index contributed by atoms with van der Waals surface area (Å²) in [6, 6.07) is 14.0. The number of nitrogens with zero attached hydrogens (tertiary/aromatic N) is 1. The lowest BCUT2D eigenvalue weighted by atomic mass is 10.1. The van der Waals surface area contributed by atoms with Crippen molar-refractivity contribution in [1.29, 1.82) is 0 Å². The van der Waals surface area contributed by atoms with Crippen LogP contribution < -0.4 is 10.6 Å². The first kappa shape index (κ1) is 19.0. The predicted octanol–water partition coefficient (Wildman–Crippen LogP) is 2.55. The van der Waals surface area contributed by atoms with Crippen molar-refractivity contribution >= 4 is 27.3 Å². The van der Waals surface area contributed by atoms with Crippen molar-refractivity contribution in [3.05, 3.63) is 54.1 Å². The van der Waals surface area contributed by atoms with Gasteiger partial charge in [-0.3, -0.25) is 4.79 Å². The highest BCUT2D eigenvalue weighted by Gasteiger charge is 2.17. The van der Waals surface area contributed by atoms with Crippen LogP contribution in [-0.2, 0) is 21.2 Å². The van der Waals surface area contributed by atoms with E-state index in [1.54, 1.807) is 12.1 Å². The third-order valence-corrected chi connectivity index (χ3v) is 5.55. The van der Waals surface area contributed by atoms with Gasteiger partial charge >= 0.3 is 0 Å². The average molecular weight is 361 g/mol. The minimum absolute atomic E-state index is 0.0989. The van der Waals surface area contributed by atoms with Crippen LogP contribution in [0.3, 0.4) is 0 Å². The van der Waals surface area contributed by atoms with Crippen LogP contribution >= 0.6 is 0 Å². The quantitative estimate of drug-likeness (QED) is 0.794. The van der Waals surface area contributed by atoms with Gasteiger partial charge in [-0.25, -0.2) is 12.7 Å². The zero-order chi connectivity index (χ0) is 18.4. The van der Waals surface area contributed by atoms with E-state index in [0.717, 1.165) is 22.0 Å². The molecule has 0 saturated carbocycles. The molecule has 2 rings (SSSR count). The normalized spacial score (nSPS) is 11.4. The van der Waals surface area contributed by atoms with Crippen LogP contribution in [0.2, 0.25) is 0 Å². The zero-order valence-corrected chi connectivity index (χ0v) is 15.4. The molecule has 0 unspecified atom stereocenters. The van der Waals surface area contributed by atoms with Crippen molar-refractivity contribution < 1.29 is 13.2 Å². The first-order valence-electron chi connectivity index (χ1n) is 7.99. The fourth-order valence-electron chi connectivity index (χ4n) is 2.33. The van der Waals surface area contributed by atoms with E-state index in [1.165, 1.54) is 26.2 Å². The van der Waals surface area contributed by atoms with Crippen molar-refractivity contribution in [3.63, 3.8) is 0 Å². The van der Waals surface area contributed by atoms with Gasteiger partial charge in [-0.15, -0.1) is 0 Å². The topological polar surface area (TPSA) is 78.5 Å². The Labute approximate surface area is 148 Å². The predicted molar refractivity (Wildman–Crippen MR) is 100 cm³/mol. The van der Waals surface area contributed by atoms with Gasteiger partial charge in [0.05, 0.1) is 11.4 Å². The van der Waals surface area contributed by atoms with E-state index >= 15 is 0 Å². The number of aryl methyl sites for hydroxylation is 1. The van der Waals surface area contributed by atoms with Gasteiger partial charge in [0.15, 0.2) is 0 Å². The second kappa shape index (κ2) is 8.13. The molecule has 2 aromatic rings. The van der Waals surface area contributed by atoms with Crippen LogP contribution in [-0.4, -0.2) is 39.3 Å². The highest BCUT2D eigenvalue weighted by Crippen LogP contribution is 2.18. The largest absolute Gasteiger partial charge is 0.376 e. The van der Waals surface area contributed by atoms with Crippen LogP contribution in [0.15, 0.2) is 53.4 Å². The van der Waals surface area contributed by atoms with E-state index in [0.29, 0.717) is 5.69 Å². The molecule has 134 valence electrons. The highest BCUT2D eigenvalue weighted by molar-refractivity contribution is 7.89. The Balaban J connectivity index is 2.04. The van der Waals surface area contributed by atoms with Gasteiger partial charge in [0.2, 0.25) is 15.9 Å². The Morgan fingerprint density at radius 2 is 1.80 bits per heavy atom. The van der Waals surface area contributed by atoms with Gasteiger partial charge in [0.25, 0.3) is 0 Å². The third-order valence-electron chi connectivity index (χ3n) is 3.73. The van der Waals surface area contributed by atoms with Gasteiger partial charge in [-0.1, -0.05) is 31.2 Å². The summed E-state index contributed by atoms with van der Waals surface area (Å²) in [5.74, 6) is -0.245. The Morgan fingerprint density at radius 1 is 1.08 bits per heavy atom. The molecule has 6 nitrogen and oxygen atoms in total. The molecule has 0 aromatic heterocycles. The van der Waals surface area contributed by atoms with Crippen molar-refractivity contribution in [2.24, 2.45) is 0 Å². The molecule has 0 aliphatic carbocycles. The second-order valence-electron chi connectivity index (χ2n) is 5.73. The summed E-state index contributed by atoms with van der Waals surface area (Å²) >= 11 is 0. The first-order valence-corrected chi connectivity index (χ1v) is 9.43. The molecule has 0 aliphatic heterocycles. The highest BCUT2D eigenvalue weighted by atomic mass is 32.2. The van der Waals surface area contributed by atoms with Crippen LogP contribution in [0.4, 0.5) is 11.4 Å². The fraction of sp³-hybridized carbons (Fsp3) is 0.278. The summed E-state index contributed by atoms with van der Waals surface area (Å²) in [5, 5.41) is 5.83. The number of benzene rings is 2. The van der Waals surface area contributed by atoms with Gasteiger partial charge in [0, 0.05) is 25.5 Å². The molecule has 2 aromatic carbocycles. The van der Waals surface area contributed by atoms with E-state index < -0.39 is 10.0 Å². The molecular weight excluding hydrogens is 338 g/mol. The summed E-state index contributed by atoms with van der Waals surface area (Å²) in [4.78, 5) is 12.3. The molecule has 25 heavy (non-hydrogen) atoms. The Hall–Kier alpha value is -2.38. The molecular formula is C18H23N3O3S. The van der Waals surface area contributed by atoms with E-state index in [1.807, 2.05) is 24.3 Å². The number of rotatable bonds is 7. The number of hydrogen-bond acceptors (Lipinski definition) is 4. The molecule has 0 atom stereocenters. The lowest BCUT2D eigenvalue weighted by molar-refractivity contribution is -0.114. The molecule has 2 N–H and O–H groups in total. The van der Waals surface area contributed by atoms with E-state index in [4.69, 9.17) is 0 Å². The number of carbonyl (C=O) groups is 1. The summed E-state index contributed by atoms with van der Waals surface area (Å²) in [7, 11) is -0.597. The van der Waals surface area contributed by atoms with Gasteiger partial charge < -0.3 is 10.6 Å². The maximum Gasteiger partial charge on any atom is 0.243 e. The lowest BCUT2D eigenvalue weighted by Crippen LogP contribution is -2.24. The van der Waals surface area contributed by atoms with Gasteiger partial charge in [-0.05, 0) is 36.2 Å². The maximum atomic E-state index is 12.2. The molecule has 0 bridgehead atoms. The van der Waals surface area contributed by atoms with Crippen LogP contribution in [0, 0.1) is 0 Å². The minimum Gasteiger partial charge on any atom is -0.376 e. The van der Waals surface area contributed by atoms with Crippen LogP contribution in [0.1, 0.15) is 12.5 Å². The number of anilines is 2. The zero-order valence-electron chi connectivity index (χ0n) is 14.6. The molecule has 0 saturated heterocycles. The summed E-state index contributed by atoms with van der Waals surface area (Å²) in [5.41, 5.74) is 2.50. The van der Waals surface area contributed by atoms with Crippen molar-refractivity contribution in [2.45, 2.75) is 18.2 Å². The molecule has 7 heteroatoms. The van der Waals surface area contributed by atoms with Gasteiger partial charge in [-0.2, -0.15) is 0 Å². The number of carbonyl (C=O) groups excluding carboxylic acids is 1. The van der Waals surface area contributed by atoms with Crippen molar-refractivity contribution in [3.8, 4) is 0 Å². The Kier molecular flexibility index (Phi) is 6.17. The molecule has 0 fully saturated rings. The molecule has 0 aliphatic rings. The first-order chi connectivity index (χ1) is 11.8. The van der Waals surface area contributed by atoms with Crippen LogP contribution in [0.25, 0.3) is 0 Å². The molecule has 0 spiro atoms. The fourth-order valence-corrected chi connectivity index (χ4v) is 3.27. The Bertz CT molecular complexity index is 848. The number of sulfonamides is 1. The summed E-state index contributed by atoms with van der Waals surface area (Å²) < 4.78 is 25.4. The van der Waals surface area contributed by atoms with E-state index in [-0.39, 0.29) is 17.3 Å². The maximum absolute atomic E-state index is 12.2. The molecule has 0 radical (unpaired) electrons. The number of nitrogens with one attached hydrogen (secondary N) is 2. The van der Waals surface area contributed by atoms with Crippen LogP contribution in [0.5, 0.6) is 0 Å². The minimum atomic E-state index is -3.53. The lowest BCUT2D eigenvalue weighted by Gasteiger charge is -2.13. The smallest absolute Gasteiger partial charge is 0.243 e. The second-order valence-corrected chi connectivity index (χ2v) is 7.88.